The largest absolute Gasteiger partial charge is 0.493 e. The SMILES string of the molecule is COc1cc(CN2C(=O)[C@@H](NC(C)=O)c3cc(C)cc(C)c32)ccc1OCCC(C)C. The van der Waals surface area contributed by atoms with Crippen LogP contribution in [0, 0.1) is 19.8 Å². The van der Waals surface area contributed by atoms with Crippen molar-refractivity contribution in [1.29, 1.82) is 0 Å². The maximum absolute atomic E-state index is 13.2. The van der Waals surface area contributed by atoms with Gasteiger partial charge >= 0.3 is 0 Å². The molecule has 31 heavy (non-hydrogen) atoms. The Kier molecular flexibility index (Phi) is 6.88. The summed E-state index contributed by atoms with van der Waals surface area (Å²) in [5.74, 6) is 1.55. The first-order valence-electron chi connectivity index (χ1n) is 10.7. The molecular formula is C25H32N2O4. The van der Waals surface area contributed by atoms with Crippen molar-refractivity contribution in [2.45, 2.75) is 53.6 Å². The lowest BCUT2D eigenvalue weighted by Gasteiger charge is -2.21. The van der Waals surface area contributed by atoms with Gasteiger partial charge in [0.2, 0.25) is 5.91 Å². The fourth-order valence-corrected chi connectivity index (χ4v) is 4.00. The maximum atomic E-state index is 13.2. The second-order valence-corrected chi connectivity index (χ2v) is 8.59. The Morgan fingerprint density at radius 2 is 1.90 bits per heavy atom. The number of nitrogens with zero attached hydrogens (tertiary/aromatic N) is 1. The minimum atomic E-state index is -0.661. The van der Waals surface area contributed by atoms with E-state index in [1.165, 1.54) is 6.92 Å². The zero-order valence-corrected chi connectivity index (χ0v) is 19.2. The van der Waals surface area contributed by atoms with Crippen molar-refractivity contribution in [3.8, 4) is 11.5 Å². The summed E-state index contributed by atoms with van der Waals surface area (Å²) in [5.41, 5.74) is 4.71. The quantitative estimate of drug-likeness (QED) is 0.679. The minimum Gasteiger partial charge on any atom is -0.493 e. The first-order chi connectivity index (χ1) is 14.7. The molecule has 166 valence electrons. The topological polar surface area (TPSA) is 67.9 Å². The summed E-state index contributed by atoms with van der Waals surface area (Å²) in [6.45, 7) is 10.7. The zero-order valence-electron chi connectivity index (χ0n) is 19.2. The van der Waals surface area contributed by atoms with Crippen LogP contribution in [0.3, 0.4) is 0 Å². The number of carbonyl (C=O) groups is 2. The van der Waals surface area contributed by atoms with E-state index in [1.807, 2.05) is 38.1 Å². The Hall–Kier alpha value is -3.02. The number of amides is 2. The lowest BCUT2D eigenvalue weighted by molar-refractivity contribution is -0.126. The highest BCUT2D eigenvalue weighted by molar-refractivity contribution is 6.06. The lowest BCUT2D eigenvalue weighted by Crippen LogP contribution is -2.36. The first kappa shape index (κ1) is 22.7. The molecule has 0 unspecified atom stereocenters. The Bertz CT molecular complexity index is 984. The number of carbonyl (C=O) groups excluding carboxylic acids is 2. The lowest BCUT2D eigenvalue weighted by atomic mass is 10.0. The van der Waals surface area contributed by atoms with Crippen LogP contribution < -0.4 is 19.7 Å². The summed E-state index contributed by atoms with van der Waals surface area (Å²) in [5, 5.41) is 2.81. The summed E-state index contributed by atoms with van der Waals surface area (Å²) >= 11 is 0. The normalized spacial score (nSPS) is 15.3. The second-order valence-electron chi connectivity index (χ2n) is 8.59. The highest BCUT2D eigenvalue weighted by atomic mass is 16.5. The van der Waals surface area contributed by atoms with Crippen molar-refractivity contribution >= 4 is 17.5 Å². The predicted octanol–water partition coefficient (Wildman–Crippen LogP) is 4.46. The van der Waals surface area contributed by atoms with E-state index >= 15 is 0 Å². The number of nitrogens with one attached hydrogen (secondary N) is 1. The van der Waals surface area contributed by atoms with Crippen LogP contribution in [0.1, 0.15) is 55.5 Å². The third-order valence-corrected chi connectivity index (χ3v) is 5.44. The molecule has 1 N–H and O–H groups in total. The average molecular weight is 425 g/mol. The number of hydrogen-bond donors (Lipinski definition) is 1. The van der Waals surface area contributed by atoms with Crippen molar-refractivity contribution in [1.82, 2.24) is 5.32 Å². The molecule has 0 aromatic heterocycles. The van der Waals surface area contributed by atoms with Gasteiger partial charge in [-0.25, -0.2) is 0 Å². The average Bonchev–Trinajstić information content (AvgIpc) is 2.94. The van der Waals surface area contributed by atoms with Crippen LogP contribution in [-0.4, -0.2) is 25.5 Å². The van der Waals surface area contributed by atoms with Gasteiger partial charge in [-0.1, -0.05) is 37.6 Å². The highest BCUT2D eigenvalue weighted by Crippen LogP contribution is 2.40. The van der Waals surface area contributed by atoms with Gasteiger partial charge in [0, 0.05) is 12.5 Å². The molecular weight excluding hydrogens is 392 g/mol. The van der Waals surface area contributed by atoms with Gasteiger partial charge in [0.05, 0.1) is 25.9 Å². The zero-order chi connectivity index (χ0) is 22.7. The van der Waals surface area contributed by atoms with Crippen LogP contribution in [0.5, 0.6) is 11.5 Å². The Balaban J connectivity index is 1.88. The number of hydrogen-bond acceptors (Lipinski definition) is 4. The molecule has 0 saturated heterocycles. The Labute approximate surface area is 184 Å². The number of ether oxygens (including phenoxy) is 2. The van der Waals surface area contributed by atoms with Gasteiger partial charge in [-0.05, 0) is 49.4 Å². The third-order valence-electron chi connectivity index (χ3n) is 5.44. The van der Waals surface area contributed by atoms with E-state index in [0.29, 0.717) is 30.6 Å². The summed E-state index contributed by atoms with van der Waals surface area (Å²) < 4.78 is 11.4. The summed E-state index contributed by atoms with van der Waals surface area (Å²) in [4.78, 5) is 26.7. The van der Waals surface area contributed by atoms with Crippen LogP contribution in [0.25, 0.3) is 0 Å². The van der Waals surface area contributed by atoms with E-state index < -0.39 is 6.04 Å². The van der Waals surface area contributed by atoms with E-state index in [0.717, 1.165) is 34.4 Å². The van der Waals surface area contributed by atoms with Crippen LogP contribution in [0.2, 0.25) is 0 Å². The number of benzene rings is 2. The minimum absolute atomic E-state index is 0.130. The fourth-order valence-electron chi connectivity index (χ4n) is 4.00. The van der Waals surface area contributed by atoms with Crippen molar-refractivity contribution in [3.63, 3.8) is 0 Å². The van der Waals surface area contributed by atoms with E-state index in [2.05, 4.69) is 25.2 Å². The van der Waals surface area contributed by atoms with Gasteiger partial charge < -0.3 is 19.7 Å². The second kappa shape index (κ2) is 9.41. The molecule has 6 nitrogen and oxygen atoms in total. The highest BCUT2D eigenvalue weighted by Gasteiger charge is 2.39. The molecule has 1 atom stereocenters. The Morgan fingerprint density at radius 3 is 2.55 bits per heavy atom. The molecule has 0 spiro atoms. The molecule has 0 bridgehead atoms. The van der Waals surface area contributed by atoms with Gasteiger partial charge in [-0.3, -0.25) is 9.59 Å². The van der Waals surface area contributed by atoms with Gasteiger partial charge in [-0.2, -0.15) is 0 Å². The molecule has 0 saturated carbocycles. The standard InChI is InChI=1S/C25H32N2O4/c1-15(2)9-10-31-21-8-7-19(13-22(21)30-6)14-27-24-17(4)11-16(3)12-20(24)23(25(27)29)26-18(5)28/h7-8,11-13,15,23H,9-10,14H2,1-6H3,(H,26,28)/t23-/m0/s1. The number of aryl methyl sites for hydroxylation is 2. The van der Waals surface area contributed by atoms with Crippen molar-refractivity contribution in [2.24, 2.45) is 5.92 Å². The molecule has 1 heterocycles. The van der Waals surface area contributed by atoms with Crippen molar-refractivity contribution < 1.29 is 19.1 Å². The van der Waals surface area contributed by atoms with E-state index in [1.54, 1.807) is 12.0 Å². The van der Waals surface area contributed by atoms with Crippen molar-refractivity contribution in [3.05, 3.63) is 52.6 Å². The fraction of sp³-hybridized carbons (Fsp3) is 0.440. The molecule has 0 aliphatic carbocycles. The number of methoxy groups -OCH3 is 1. The van der Waals surface area contributed by atoms with Gasteiger partial charge in [-0.15, -0.1) is 0 Å². The number of rotatable bonds is 8. The molecule has 3 rings (SSSR count). The first-order valence-corrected chi connectivity index (χ1v) is 10.7. The van der Waals surface area contributed by atoms with E-state index in [9.17, 15) is 9.59 Å². The van der Waals surface area contributed by atoms with Crippen molar-refractivity contribution in [2.75, 3.05) is 18.6 Å². The summed E-state index contributed by atoms with van der Waals surface area (Å²) in [6.07, 6.45) is 0.965. The molecule has 6 heteroatoms. The van der Waals surface area contributed by atoms with Gasteiger partial charge in [0.15, 0.2) is 11.5 Å². The molecule has 2 aromatic rings. The van der Waals surface area contributed by atoms with Crippen LogP contribution in [-0.2, 0) is 16.1 Å². The molecule has 1 aliphatic heterocycles. The summed E-state index contributed by atoms with van der Waals surface area (Å²) in [7, 11) is 1.62. The van der Waals surface area contributed by atoms with Crippen LogP contribution >= 0.6 is 0 Å². The van der Waals surface area contributed by atoms with E-state index in [-0.39, 0.29) is 11.8 Å². The van der Waals surface area contributed by atoms with Crippen LogP contribution in [0.15, 0.2) is 30.3 Å². The molecule has 1 aliphatic rings. The van der Waals surface area contributed by atoms with Crippen LogP contribution in [0.4, 0.5) is 5.69 Å². The van der Waals surface area contributed by atoms with Gasteiger partial charge in [0.25, 0.3) is 5.91 Å². The molecule has 0 fully saturated rings. The van der Waals surface area contributed by atoms with E-state index in [4.69, 9.17) is 9.47 Å². The molecule has 0 radical (unpaired) electrons. The Morgan fingerprint density at radius 1 is 1.16 bits per heavy atom. The number of anilines is 1. The predicted molar refractivity (Wildman–Crippen MR) is 122 cm³/mol. The monoisotopic (exact) mass is 424 g/mol. The summed E-state index contributed by atoms with van der Waals surface area (Å²) in [6, 6.07) is 9.13. The molecule has 2 aromatic carbocycles. The number of fused-ring (bicyclic) bond motifs is 1. The smallest absolute Gasteiger partial charge is 0.254 e. The third kappa shape index (κ3) is 5.01. The van der Waals surface area contributed by atoms with Gasteiger partial charge in [0.1, 0.15) is 6.04 Å². The maximum Gasteiger partial charge on any atom is 0.254 e. The molecule has 2 amide bonds.